The van der Waals surface area contributed by atoms with Crippen molar-refractivity contribution in [2.75, 3.05) is 7.11 Å². The minimum absolute atomic E-state index is 0.100. The zero-order chi connectivity index (χ0) is 20.1. The highest BCUT2D eigenvalue weighted by Crippen LogP contribution is 2.25. The molecule has 29 heavy (non-hydrogen) atoms. The van der Waals surface area contributed by atoms with Crippen molar-refractivity contribution >= 4 is 17.2 Å². The highest BCUT2D eigenvalue weighted by Gasteiger charge is 2.08. The number of benzene rings is 2. The van der Waals surface area contributed by atoms with E-state index in [9.17, 15) is 4.79 Å². The molecule has 2 aromatic carbocycles. The predicted octanol–water partition coefficient (Wildman–Crippen LogP) is 5.42. The number of hydrogen-bond acceptors (Lipinski definition) is 4. The monoisotopic (exact) mass is 400 g/mol. The van der Waals surface area contributed by atoms with Gasteiger partial charge in [0.1, 0.15) is 5.75 Å². The minimum atomic E-state index is -0.100. The highest BCUT2D eigenvalue weighted by molar-refractivity contribution is 7.13. The maximum atomic E-state index is 12.5. The molecular formula is C24H20N2O2S. The Bertz CT molecular complexity index is 1110. The summed E-state index contributed by atoms with van der Waals surface area (Å²) in [7, 11) is 1.65. The first kappa shape index (κ1) is 18.9. The van der Waals surface area contributed by atoms with Crippen molar-refractivity contribution in [2.45, 2.75) is 6.54 Å². The summed E-state index contributed by atoms with van der Waals surface area (Å²) in [4.78, 5) is 18.1. The fraction of sp³-hybridized carbons (Fsp3) is 0.0833. The number of amides is 1. The zero-order valence-corrected chi connectivity index (χ0v) is 16.8. The number of ether oxygens (including phenoxy) is 1. The van der Waals surface area contributed by atoms with Crippen LogP contribution in [0.2, 0.25) is 0 Å². The van der Waals surface area contributed by atoms with Gasteiger partial charge in [0.05, 0.1) is 17.7 Å². The predicted molar refractivity (Wildman–Crippen MR) is 117 cm³/mol. The number of rotatable bonds is 6. The molecule has 0 radical (unpaired) electrons. The number of aromatic nitrogens is 1. The zero-order valence-electron chi connectivity index (χ0n) is 16.0. The molecule has 144 valence electrons. The standard InChI is InChI=1S/C24H20N2O2S/c1-28-21-5-2-4-20(15-21)18-7-9-19(10-8-18)24(27)26-16-17-11-12-25-22(14-17)23-6-3-13-29-23/h2-15H,16H2,1H3,(H,26,27). The lowest BCUT2D eigenvalue weighted by Crippen LogP contribution is -2.22. The molecule has 5 heteroatoms. The van der Waals surface area contributed by atoms with E-state index >= 15 is 0 Å². The van der Waals surface area contributed by atoms with Crippen molar-refractivity contribution in [2.24, 2.45) is 0 Å². The van der Waals surface area contributed by atoms with E-state index in [0.717, 1.165) is 33.0 Å². The van der Waals surface area contributed by atoms with Gasteiger partial charge in [-0.3, -0.25) is 9.78 Å². The summed E-state index contributed by atoms with van der Waals surface area (Å²) in [5, 5.41) is 5.01. The molecule has 4 nitrogen and oxygen atoms in total. The molecule has 4 rings (SSSR count). The molecule has 0 aliphatic rings. The number of carbonyl (C=O) groups excluding carboxylic acids is 1. The molecule has 0 saturated carbocycles. The van der Waals surface area contributed by atoms with Crippen LogP contribution in [-0.2, 0) is 6.54 Å². The van der Waals surface area contributed by atoms with Crippen molar-refractivity contribution in [3.8, 4) is 27.4 Å². The summed E-state index contributed by atoms with van der Waals surface area (Å²) in [6.07, 6.45) is 1.78. The van der Waals surface area contributed by atoms with E-state index in [1.54, 1.807) is 24.6 Å². The molecule has 0 bridgehead atoms. The molecule has 0 unspecified atom stereocenters. The lowest BCUT2D eigenvalue weighted by Gasteiger charge is -2.08. The van der Waals surface area contributed by atoms with Gasteiger partial charge in [0.2, 0.25) is 0 Å². The number of nitrogens with one attached hydrogen (secondary N) is 1. The third kappa shape index (κ3) is 4.52. The Labute approximate surface area is 173 Å². The summed E-state index contributed by atoms with van der Waals surface area (Å²) in [6.45, 7) is 0.456. The van der Waals surface area contributed by atoms with E-state index in [-0.39, 0.29) is 5.91 Å². The molecule has 2 aromatic heterocycles. The van der Waals surface area contributed by atoms with Crippen LogP contribution in [0.4, 0.5) is 0 Å². The lowest BCUT2D eigenvalue weighted by molar-refractivity contribution is 0.0951. The van der Waals surface area contributed by atoms with E-state index in [1.807, 2.05) is 78.2 Å². The lowest BCUT2D eigenvalue weighted by atomic mass is 10.0. The number of carbonyl (C=O) groups is 1. The molecule has 0 atom stereocenters. The molecule has 0 aliphatic carbocycles. The molecule has 1 amide bonds. The largest absolute Gasteiger partial charge is 0.497 e. The Kier molecular flexibility index (Phi) is 5.68. The van der Waals surface area contributed by atoms with Crippen LogP contribution in [0.1, 0.15) is 15.9 Å². The maximum Gasteiger partial charge on any atom is 0.251 e. The van der Waals surface area contributed by atoms with Gasteiger partial charge in [0, 0.05) is 18.3 Å². The normalized spacial score (nSPS) is 10.5. The molecule has 4 aromatic rings. The number of methoxy groups -OCH3 is 1. The van der Waals surface area contributed by atoms with Gasteiger partial charge >= 0.3 is 0 Å². The number of pyridine rings is 1. The Morgan fingerprint density at radius 1 is 1.00 bits per heavy atom. The smallest absolute Gasteiger partial charge is 0.251 e. The van der Waals surface area contributed by atoms with Crippen LogP contribution in [0.5, 0.6) is 5.75 Å². The van der Waals surface area contributed by atoms with E-state index in [4.69, 9.17) is 4.74 Å². The number of thiophene rings is 1. The van der Waals surface area contributed by atoms with Crippen LogP contribution in [0.3, 0.4) is 0 Å². The quantitative estimate of drug-likeness (QED) is 0.470. The van der Waals surface area contributed by atoms with Gasteiger partial charge in [-0.15, -0.1) is 11.3 Å². The number of hydrogen-bond donors (Lipinski definition) is 1. The average Bonchev–Trinajstić information content (AvgIpc) is 3.33. The first-order chi connectivity index (χ1) is 14.2. The van der Waals surface area contributed by atoms with Gasteiger partial charge < -0.3 is 10.1 Å². The molecule has 2 heterocycles. The van der Waals surface area contributed by atoms with Crippen molar-refractivity contribution in [3.05, 3.63) is 95.5 Å². The molecule has 0 saturated heterocycles. The molecule has 0 spiro atoms. The van der Waals surface area contributed by atoms with Gasteiger partial charge in [0.25, 0.3) is 5.91 Å². The van der Waals surface area contributed by atoms with E-state index in [1.165, 1.54) is 0 Å². The summed E-state index contributed by atoms with van der Waals surface area (Å²) >= 11 is 1.65. The second-order valence-corrected chi connectivity index (χ2v) is 7.47. The van der Waals surface area contributed by atoms with E-state index in [0.29, 0.717) is 12.1 Å². The van der Waals surface area contributed by atoms with Crippen LogP contribution in [-0.4, -0.2) is 18.0 Å². The first-order valence-electron chi connectivity index (χ1n) is 9.24. The summed E-state index contributed by atoms with van der Waals surface area (Å²) in [5.41, 5.74) is 4.66. The number of nitrogens with zero attached hydrogens (tertiary/aromatic N) is 1. The van der Waals surface area contributed by atoms with Crippen molar-refractivity contribution < 1.29 is 9.53 Å². The summed E-state index contributed by atoms with van der Waals surface area (Å²) < 4.78 is 5.28. The Balaban J connectivity index is 1.42. The molecule has 0 aliphatic heterocycles. The Hall–Kier alpha value is -3.44. The first-order valence-corrected chi connectivity index (χ1v) is 10.1. The van der Waals surface area contributed by atoms with Crippen LogP contribution in [0.15, 0.2) is 84.4 Å². The Morgan fingerprint density at radius 3 is 2.62 bits per heavy atom. The average molecular weight is 401 g/mol. The van der Waals surface area contributed by atoms with Gasteiger partial charge in [-0.2, -0.15) is 0 Å². The van der Waals surface area contributed by atoms with Crippen LogP contribution < -0.4 is 10.1 Å². The van der Waals surface area contributed by atoms with Gasteiger partial charge in [-0.05, 0) is 64.5 Å². The third-order valence-corrected chi connectivity index (χ3v) is 5.49. The second kappa shape index (κ2) is 8.71. The highest BCUT2D eigenvalue weighted by atomic mass is 32.1. The third-order valence-electron chi connectivity index (χ3n) is 4.60. The van der Waals surface area contributed by atoms with Crippen molar-refractivity contribution in [1.29, 1.82) is 0 Å². The Morgan fingerprint density at radius 2 is 1.86 bits per heavy atom. The van der Waals surface area contributed by atoms with Crippen LogP contribution >= 0.6 is 11.3 Å². The maximum absolute atomic E-state index is 12.5. The fourth-order valence-corrected chi connectivity index (χ4v) is 3.74. The van der Waals surface area contributed by atoms with Gasteiger partial charge in [0.15, 0.2) is 0 Å². The molecule has 1 N–H and O–H groups in total. The van der Waals surface area contributed by atoms with Gasteiger partial charge in [-0.1, -0.05) is 30.3 Å². The fourth-order valence-electron chi connectivity index (χ4n) is 3.04. The second-order valence-electron chi connectivity index (χ2n) is 6.52. The van der Waals surface area contributed by atoms with E-state index in [2.05, 4.69) is 10.3 Å². The molecular weight excluding hydrogens is 380 g/mol. The summed E-state index contributed by atoms with van der Waals surface area (Å²) in [5.74, 6) is 0.709. The topological polar surface area (TPSA) is 51.2 Å². The van der Waals surface area contributed by atoms with Crippen LogP contribution in [0.25, 0.3) is 21.7 Å². The minimum Gasteiger partial charge on any atom is -0.497 e. The van der Waals surface area contributed by atoms with Crippen LogP contribution in [0, 0.1) is 0 Å². The SMILES string of the molecule is COc1cccc(-c2ccc(C(=O)NCc3ccnc(-c4cccs4)c3)cc2)c1. The van der Waals surface area contributed by atoms with Crippen molar-refractivity contribution in [3.63, 3.8) is 0 Å². The van der Waals surface area contributed by atoms with Gasteiger partial charge in [-0.25, -0.2) is 0 Å². The molecule has 0 fully saturated rings. The summed E-state index contributed by atoms with van der Waals surface area (Å²) in [6, 6.07) is 23.4. The van der Waals surface area contributed by atoms with E-state index < -0.39 is 0 Å². The van der Waals surface area contributed by atoms with Crippen molar-refractivity contribution in [1.82, 2.24) is 10.3 Å².